The third kappa shape index (κ3) is 1.12. The molecule has 0 radical (unpaired) electrons. The van der Waals surface area contributed by atoms with E-state index in [0.29, 0.717) is 11.3 Å². The van der Waals surface area contributed by atoms with E-state index in [0.717, 1.165) is 0 Å². The predicted octanol–water partition coefficient (Wildman–Crippen LogP) is 0.941. The lowest BCUT2D eigenvalue weighted by Gasteiger charge is -1.98. The summed E-state index contributed by atoms with van der Waals surface area (Å²) in [7, 11) is 1.65. The summed E-state index contributed by atoms with van der Waals surface area (Å²) in [5.74, 6) is 1.80. The van der Waals surface area contributed by atoms with Crippen LogP contribution in [0.3, 0.4) is 0 Å². The van der Waals surface area contributed by atoms with Crippen molar-refractivity contribution in [2.75, 3.05) is 7.05 Å². The second-order valence-electron chi connectivity index (χ2n) is 1.84. The minimum absolute atomic E-state index is 0.519. The molecule has 0 heterocycles. The maximum absolute atomic E-state index is 10.2. The molecule has 0 fully saturated rings. The lowest BCUT2D eigenvalue weighted by atomic mass is 10.1. The largest absolute Gasteiger partial charge is 0.287 e. The Labute approximate surface area is 59.3 Å². The number of allylic oxidation sites excluding steroid dienone is 5. The van der Waals surface area contributed by atoms with Crippen LogP contribution in [0.4, 0.5) is 0 Å². The van der Waals surface area contributed by atoms with Crippen LogP contribution in [0.1, 0.15) is 0 Å². The molecule has 0 saturated carbocycles. The van der Waals surface area contributed by atoms with Gasteiger partial charge in [0.25, 0.3) is 0 Å². The van der Waals surface area contributed by atoms with Gasteiger partial charge in [-0.3, -0.25) is 4.99 Å². The molecule has 1 rings (SSSR count). The van der Waals surface area contributed by atoms with Gasteiger partial charge in [0.15, 0.2) is 0 Å². The van der Waals surface area contributed by atoms with E-state index in [4.69, 9.17) is 0 Å². The molecule has 1 aliphatic rings. The molecule has 0 atom stereocenters. The summed E-state index contributed by atoms with van der Waals surface area (Å²) in [5, 5.41) is 0. The topological polar surface area (TPSA) is 29.4 Å². The fraction of sp³-hybridized carbons (Fsp3) is 0.125. The molecule has 0 aliphatic heterocycles. The van der Waals surface area contributed by atoms with E-state index in [-0.39, 0.29) is 0 Å². The molecular weight excluding hydrogens is 126 g/mol. The summed E-state index contributed by atoms with van der Waals surface area (Å²) in [6, 6.07) is 0. The van der Waals surface area contributed by atoms with Gasteiger partial charge in [-0.15, -0.1) is 0 Å². The second kappa shape index (κ2) is 2.95. The van der Waals surface area contributed by atoms with Crippen molar-refractivity contribution in [1.82, 2.24) is 0 Å². The standard InChI is InChI=1S/C8H7NO/c1-9-8-5-3-2-4-7(8)6-10/h2-5H,1H3. The first-order chi connectivity index (χ1) is 4.88. The minimum Gasteiger partial charge on any atom is -0.287 e. The van der Waals surface area contributed by atoms with Gasteiger partial charge in [0.05, 0.1) is 11.3 Å². The van der Waals surface area contributed by atoms with Crippen LogP contribution in [0.2, 0.25) is 0 Å². The Morgan fingerprint density at radius 1 is 1.40 bits per heavy atom. The Morgan fingerprint density at radius 2 is 2.10 bits per heavy atom. The highest BCUT2D eigenvalue weighted by atomic mass is 16.1. The highest BCUT2D eigenvalue weighted by Crippen LogP contribution is 2.03. The molecule has 0 aromatic heterocycles. The van der Waals surface area contributed by atoms with Gasteiger partial charge >= 0.3 is 0 Å². The molecule has 2 heteroatoms. The molecular formula is C8H7NO. The van der Waals surface area contributed by atoms with Crippen LogP contribution in [0.5, 0.6) is 0 Å². The first kappa shape index (κ1) is 6.72. The lowest BCUT2D eigenvalue weighted by Crippen LogP contribution is -1.99. The van der Waals surface area contributed by atoms with E-state index in [1.54, 1.807) is 31.2 Å². The van der Waals surface area contributed by atoms with E-state index < -0.39 is 0 Å². The van der Waals surface area contributed by atoms with Crippen molar-refractivity contribution in [2.45, 2.75) is 0 Å². The Balaban J connectivity index is 3.07. The zero-order valence-corrected chi connectivity index (χ0v) is 5.66. The quantitative estimate of drug-likeness (QED) is 0.452. The van der Waals surface area contributed by atoms with Crippen molar-refractivity contribution in [3.8, 4) is 0 Å². The van der Waals surface area contributed by atoms with E-state index in [1.165, 1.54) is 0 Å². The Morgan fingerprint density at radius 3 is 2.60 bits per heavy atom. The third-order valence-electron chi connectivity index (χ3n) is 1.25. The van der Waals surface area contributed by atoms with E-state index in [2.05, 4.69) is 4.99 Å². The lowest BCUT2D eigenvalue weighted by molar-refractivity contribution is 0.568. The number of hydrogen-bond acceptors (Lipinski definition) is 2. The molecule has 0 unspecified atom stereocenters. The highest BCUT2D eigenvalue weighted by Gasteiger charge is 2.01. The van der Waals surface area contributed by atoms with Crippen LogP contribution in [0.25, 0.3) is 0 Å². The normalized spacial score (nSPS) is 19.7. The van der Waals surface area contributed by atoms with Gasteiger partial charge in [-0.25, -0.2) is 4.79 Å². The average molecular weight is 133 g/mol. The first-order valence-corrected chi connectivity index (χ1v) is 2.95. The number of rotatable bonds is 0. The zero-order chi connectivity index (χ0) is 7.40. The van der Waals surface area contributed by atoms with Gasteiger partial charge in [-0.2, -0.15) is 0 Å². The molecule has 0 N–H and O–H groups in total. The predicted molar refractivity (Wildman–Crippen MR) is 40.8 cm³/mol. The van der Waals surface area contributed by atoms with Crippen LogP contribution in [0.15, 0.2) is 34.9 Å². The Kier molecular flexibility index (Phi) is 1.98. The molecule has 50 valence electrons. The SMILES string of the molecule is CN=C1C=CC=CC1=C=O. The summed E-state index contributed by atoms with van der Waals surface area (Å²) in [5.41, 5.74) is 1.21. The van der Waals surface area contributed by atoms with Crippen molar-refractivity contribution in [1.29, 1.82) is 0 Å². The summed E-state index contributed by atoms with van der Waals surface area (Å²) < 4.78 is 0. The van der Waals surface area contributed by atoms with E-state index >= 15 is 0 Å². The maximum atomic E-state index is 10.2. The second-order valence-corrected chi connectivity index (χ2v) is 1.84. The fourth-order valence-electron chi connectivity index (χ4n) is 0.755. The molecule has 0 aromatic carbocycles. The average Bonchev–Trinajstić information content (AvgIpc) is 2.04. The molecule has 2 nitrogen and oxygen atoms in total. The molecule has 0 saturated heterocycles. The summed E-state index contributed by atoms with van der Waals surface area (Å²) >= 11 is 0. The van der Waals surface area contributed by atoms with E-state index in [9.17, 15) is 4.79 Å². The van der Waals surface area contributed by atoms with Crippen LogP contribution >= 0.6 is 0 Å². The maximum Gasteiger partial charge on any atom is 0.134 e. The molecule has 0 aromatic rings. The van der Waals surface area contributed by atoms with Crippen molar-refractivity contribution >= 4 is 11.7 Å². The van der Waals surface area contributed by atoms with Gasteiger partial charge in [0.2, 0.25) is 0 Å². The molecule has 0 amide bonds. The third-order valence-corrected chi connectivity index (χ3v) is 1.25. The first-order valence-electron chi connectivity index (χ1n) is 2.95. The summed E-state index contributed by atoms with van der Waals surface area (Å²) in [6.45, 7) is 0. The molecule has 0 spiro atoms. The van der Waals surface area contributed by atoms with Gasteiger partial charge in [-0.1, -0.05) is 12.2 Å². The number of aliphatic imine (C=N–C) groups is 1. The smallest absolute Gasteiger partial charge is 0.134 e. The monoisotopic (exact) mass is 133 g/mol. The fourth-order valence-corrected chi connectivity index (χ4v) is 0.755. The van der Waals surface area contributed by atoms with Crippen molar-refractivity contribution < 1.29 is 4.79 Å². The Bertz CT molecular complexity index is 262. The van der Waals surface area contributed by atoms with Crippen LogP contribution in [-0.2, 0) is 4.79 Å². The molecule has 10 heavy (non-hydrogen) atoms. The van der Waals surface area contributed by atoms with Crippen LogP contribution in [-0.4, -0.2) is 18.7 Å². The zero-order valence-electron chi connectivity index (χ0n) is 5.66. The van der Waals surface area contributed by atoms with E-state index in [1.807, 2.05) is 6.08 Å². The van der Waals surface area contributed by atoms with Gasteiger partial charge in [-0.05, 0) is 12.2 Å². The number of carbonyl (C=O) groups excluding carboxylic acids is 1. The van der Waals surface area contributed by atoms with Gasteiger partial charge in [0.1, 0.15) is 5.94 Å². The Hall–Kier alpha value is -1.40. The highest BCUT2D eigenvalue weighted by molar-refractivity contribution is 6.16. The van der Waals surface area contributed by atoms with Gasteiger partial charge < -0.3 is 0 Å². The van der Waals surface area contributed by atoms with Crippen molar-refractivity contribution in [3.63, 3.8) is 0 Å². The van der Waals surface area contributed by atoms with Crippen molar-refractivity contribution in [3.05, 3.63) is 29.9 Å². The summed E-state index contributed by atoms with van der Waals surface area (Å²) in [4.78, 5) is 14.1. The summed E-state index contributed by atoms with van der Waals surface area (Å²) in [6.07, 6.45) is 7.09. The van der Waals surface area contributed by atoms with Gasteiger partial charge in [0, 0.05) is 7.05 Å². The van der Waals surface area contributed by atoms with Crippen LogP contribution < -0.4 is 0 Å². The van der Waals surface area contributed by atoms with Crippen LogP contribution in [0, 0.1) is 0 Å². The molecule has 1 aliphatic carbocycles. The van der Waals surface area contributed by atoms with Crippen molar-refractivity contribution in [2.24, 2.45) is 4.99 Å². The number of nitrogens with zero attached hydrogens (tertiary/aromatic N) is 1. The molecule has 0 bridgehead atoms. The minimum atomic E-state index is 0.519. The number of hydrogen-bond donors (Lipinski definition) is 0.